The first kappa shape index (κ1) is 17.7. The second-order valence-electron chi connectivity index (χ2n) is 5.84. The number of aliphatic carboxylic acids is 1. The standard InChI is InChI=1S/C15H20BrNO4/c1-15(2,3)21-14(20)12(13(18)19)11(17)8-9-4-6-10(16)7-5-9/h4-7,11-12H,8,17H2,1-3H3,(H,18,19)/t11?,12-/m1/s1. The van der Waals surface area contributed by atoms with Crippen molar-refractivity contribution in [3.05, 3.63) is 34.3 Å². The first-order valence-electron chi connectivity index (χ1n) is 6.56. The normalized spacial score (nSPS) is 14.3. The van der Waals surface area contributed by atoms with E-state index in [0.717, 1.165) is 10.0 Å². The van der Waals surface area contributed by atoms with Crippen molar-refractivity contribution in [2.75, 3.05) is 0 Å². The van der Waals surface area contributed by atoms with Crippen LogP contribution in [-0.2, 0) is 20.7 Å². The number of esters is 1. The summed E-state index contributed by atoms with van der Waals surface area (Å²) < 4.78 is 6.05. The molecule has 0 aliphatic carbocycles. The second kappa shape index (κ2) is 7.04. The molecule has 0 amide bonds. The van der Waals surface area contributed by atoms with Crippen LogP contribution in [0.2, 0.25) is 0 Å². The molecule has 116 valence electrons. The zero-order valence-corrected chi connectivity index (χ0v) is 13.9. The van der Waals surface area contributed by atoms with Crippen LogP contribution >= 0.6 is 15.9 Å². The van der Waals surface area contributed by atoms with Crippen molar-refractivity contribution in [3.63, 3.8) is 0 Å². The van der Waals surface area contributed by atoms with Gasteiger partial charge < -0.3 is 15.6 Å². The van der Waals surface area contributed by atoms with Crippen LogP contribution in [0, 0.1) is 5.92 Å². The molecule has 0 fully saturated rings. The van der Waals surface area contributed by atoms with Crippen LogP contribution in [0.5, 0.6) is 0 Å². The first-order valence-corrected chi connectivity index (χ1v) is 7.35. The maximum atomic E-state index is 12.0. The molecule has 5 nitrogen and oxygen atoms in total. The SMILES string of the molecule is CC(C)(C)OC(=O)[C@@H](C(=O)O)C(N)Cc1ccc(Br)cc1. The first-order chi connectivity index (χ1) is 9.60. The molecule has 21 heavy (non-hydrogen) atoms. The topological polar surface area (TPSA) is 89.6 Å². The molecule has 1 rings (SSSR count). The zero-order valence-electron chi connectivity index (χ0n) is 12.3. The highest BCUT2D eigenvalue weighted by Gasteiger charge is 2.36. The van der Waals surface area contributed by atoms with Gasteiger partial charge in [0.15, 0.2) is 5.92 Å². The minimum absolute atomic E-state index is 0.281. The molecule has 0 aromatic heterocycles. The van der Waals surface area contributed by atoms with E-state index in [-0.39, 0.29) is 6.42 Å². The number of carboxylic acid groups (broad SMARTS) is 1. The summed E-state index contributed by atoms with van der Waals surface area (Å²) in [6.45, 7) is 5.05. The van der Waals surface area contributed by atoms with E-state index in [1.807, 2.05) is 24.3 Å². The Morgan fingerprint density at radius 1 is 1.29 bits per heavy atom. The van der Waals surface area contributed by atoms with Gasteiger partial charge in [0, 0.05) is 10.5 Å². The number of nitrogens with two attached hydrogens (primary N) is 1. The molecule has 0 aliphatic heterocycles. The number of carbonyl (C=O) groups is 2. The highest BCUT2D eigenvalue weighted by atomic mass is 79.9. The lowest BCUT2D eigenvalue weighted by atomic mass is 9.94. The summed E-state index contributed by atoms with van der Waals surface area (Å²) in [5.74, 6) is -3.46. The lowest BCUT2D eigenvalue weighted by Gasteiger charge is -2.25. The zero-order chi connectivity index (χ0) is 16.2. The Kier molecular flexibility index (Phi) is 5.92. The van der Waals surface area contributed by atoms with Crippen molar-refractivity contribution in [1.82, 2.24) is 0 Å². The molecule has 2 atom stereocenters. The van der Waals surface area contributed by atoms with Crippen LogP contribution in [0.3, 0.4) is 0 Å². The van der Waals surface area contributed by atoms with Gasteiger partial charge in [-0.2, -0.15) is 0 Å². The van der Waals surface area contributed by atoms with Gasteiger partial charge in [0.25, 0.3) is 0 Å². The third kappa shape index (κ3) is 5.85. The lowest BCUT2D eigenvalue weighted by Crippen LogP contribution is -2.45. The van der Waals surface area contributed by atoms with Crippen LogP contribution in [0.4, 0.5) is 0 Å². The molecule has 1 unspecified atom stereocenters. The van der Waals surface area contributed by atoms with Gasteiger partial charge in [-0.05, 0) is 44.9 Å². The maximum Gasteiger partial charge on any atom is 0.322 e. The van der Waals surface area contributed by atoms with E-state index in [4.69, 9.17) is 10.5 Å². The monoisotopic (exact) mass is 357 g/mol. The number of rotatable bonds is 5. The summed E-state index contributed by atoms with van der Waals surface area (Å²) in [6.07, 6.45) is 0.281. The Morgan fingerprint density at radius 3 is 2.24 bits per heavy atom. The van der Waals surface area contributed by atoms with Gasteiger partial charge in [-0.1, -0.05) is 28.1 Å². The molecule has 0 saturated carbocycles. The number of carboxylic acids is 1. The molecule has 0 heterocycles. The fourth-order valence-corrected chi connectivity index (χ4v) is 2.10. The number of hydrogen-bond donors (Lipinski definition) is 2. The molecule has 0 saturated heterocycles. The van der Waals surface area contributed by atoms with Crippen molar-refractivity contribution in [3.8, 4) is 0 Å². The second-order valence-corrected chi connectivity index (χ2v) is 6.76. The van der Waals surface area contributed by atoms with Gasteiger partial charge in [0.05, 0.1) is 0 Å². The average Bonchev–Trinajstić information content (AvgIpc) is 2.29. The summed E-state index contributed by atoms with van der Waals surface area (Å²) in [5, 5.41) is 9.24. The third-order valence-corrected chi connectivity index (χ3v) is 3.27. The number of hydrogen-bond acceptors (Lipinski definition) is 4. The van der Waals surface area contributed by atoms with E-state index in [1.165, 1.54) is 0 Å². The Hall–Kier alpha value is -1.40. The summed E-state index contributed by atoms with van der Waals surface area (Å²) in [5.41, 5.74) is 6.03. The van der Waals surface area contributed by atoms with Crippen LogP contribution in [0.15, 0.2) is 28.7 Å². The van der Waals surface area contributed by atoms with Gasteiger partial charge >= 0.3 is 11.9 Å². The van der Waals surface area contributed by atoms with Crippen molar-refractivity contribution in [2.24, 2.45) is 11.7 Å². The summed E-state index contributed by atoms with van der Waals surface area (Å²) in [7, 11) is 0. The minimum Gasteiger partial charge on any atom is -0.481 e. The third-order valence-electron chi connectivity index (χ3n) is 2.74. The molecule has 3 N–H and O–H groups in total. The highest BCUT2D eigenvalue weighted by Crippen LogP contribution is 2.17. The van der Waals surface area contributed by atoms with E-state index >= 15 is 0 Å². The number of benzene rings is 1. The van der Waals surface area contributed by atoms with Gasteiger partial charge in [-0.3, -0.25) is 9.59 Å². The number of halogens is 1. The molecule has 6 heteroatoms. The van der Waals surface area contributed by atoms with E-state index in [2.05, 4.69) is 15.9 Å². The van der Waals surface area contributed by atoms with Crippen LogP contribution in [0.1, 0.15) is 26.3 Å². The highest BCUT2D eigenvalue weighted by molar-refractivity contribution is 9.10. The quantitative estimate of drug-likeness (QED) is 0.623. The molecule has 1 aromatic carbocycles. The maximum absolute atomic E-state index is 12.0. The molecular formula is C15H20BrNO4. The smallest absolute Gasteiger partial charge is 0.322 e. The van der Waals surface area contributed by atoms with Crippen molar-refractivity contribution < 1.29 is 19.4 Å². The van der Waals surface area contributed by atoms with Gasteiger partial charge in [-0.15, -0.1) is 0 Å². The molecule has 0 aliphatic rings. The molecule has 0 spiro atoms. The minimum atomic E-state index is -1.38. The molecule has 0 radical (unpaired) electrons. The lowest BCUT2D eigenvalue weighted by molar-refractivity contribution is -0.167. The van der Waals surface area contributed by atoms with Crippen LogP contribution in [0.25, 0.3) is 0 Å². The van der Waals surface area contributed by atoms with Crippen molar-refractivity contribution in [1.29, 1.82) is 0 Å². The van der Waals surface area contributed by atoms with Crippen LogP contribution < -0.4 is 5.73 Å². The fraction of sp³-hybridized carbons (Fsp3) is 0.467. The fourth-order valence-electron chi connectivity index (χ4n) is 1.83. The van der Waals surface area contributed by atoms with E-state index in [9.17, 15) is 14.7 Å². The molecule has 1 aromatic rings. The summed E-state index contributed by atoms with van der Waals surface area (Å²) >= 11 is 3.32. The number of ether oxygens (including phenoxy) is 1. The summed E-state index contributed by atoms with van der Waals surface area (Å²) in [6, 6.07) is 6.49. The Bertz CT molecular complexity index is 507. The Labute approximate surface area is 132 Å². The predicted octanol–water partition coefficient (Wildman–Crippen LogP) is 2.36. The van der Waals surface area contributed by atoms with E-state index in [0.29, 0.717) is 0 Å². The Balaban J connectivity index is 2.82. The van der Waals surface area contributed by atoms with E-state index in [1.54, 1.807) is 20.8 Å². The van der Waals surface area contributed by atoms with Gasteiger partial charge in [-0.25, -0.2) is 0 Å². The molecular weight excluding hydrogens is 338 g/mol. The van der Waals surface area contributed by atoms with Gasteiger partial charge in [0.1, 0.15) is 5.60 Å². The Morgan fingerprint density at radius 2 is 1.81 bits per heavy atom. The molecule has 0 bridgehead atoms. The average molecular weight is 358 g/mol. The predicted molar refractivity (Wildman–Crippen MR) is 82.8 cm³/mol. The van der Waals surface area contributed by atoms with Gasteiger partial charge in [0.2, 0.25) is 0 Å². The van der Waals surface area contributed by atoms with E-state index < -0.39 is 29.5 Å². The van der Waals surface area contributed by atoms with Crippen molar-refractivity contribution in [2.45, 2.75) is 38.8 Å². The number of carbonyl (C=O) groups excluding carboxylic acids is 1. The summed E-state index contributed by atoms with van der Waals surface area (Å²) in [4.78, 5) is 23.3. The largest absolute Gasteiger partial charge is 0.481 e. The van der Waals surface area contributed by atoms with Crippen LogP contribution in [-0.4, -0.2) is 28.7 Å². The van der Waals surface area contributed by atoms with Crippen molar-refractivity contribution >= 4 is 27.9 Å².